The molecule has 0 aliphatic carbocycles. The molecule has 1 N–H and O–H groups in total. The van der Waals surface area contributed by atoms with E-state index in [9.17, 15) is 0 Å². The molecule has 0 aliphatic heterocycles. The Kier molecular flexibility index (Phi) is 5.64. The van der Waals surface area contributed by atoms with Crippen molar-refractivity contribution in [2.75, 3.05) is 6.54 Å². The van der Waals surface area contributed by atoms with Crippen LogP contribution < -0.4 is 5.32 Å². The molecule has 0 saturated carbocycles. The van der Waals surface area contributed by atoms with Gasteiger partial charge in [-0.3, -0.25) is 4.68 Å². The number of nitrogens with one attached hydrogen (secondary N) is 1. The highest BCUT2D eigenvalue weighted by Crippen LogP contribution is 2.33. The molecule has 1 atom stereocenters. The zero-order chi connectivity index (χ0) is 14.5. The van der Waals surface area contributed by atoms with Crippen LogP contribution in [0.25, 0.3) is 0 Å². The molecule has 2 rings (SSSR count). The second-order valence-corrected chi connectivity index (χ2v) is 5.90. The first kappa shape index (κ1) is 15.5. The molecule has 0 aliphatic rings. The topological polar surface area (TPSA) is 29.9 Å². The van der Waals surface area contributed by atoms with Gasteiger partial charge in [-0.15, -0.1) is 0 Å². The third kappa shape index (κ3) is 3.43. The number of benzene rings is 1. The van der Waals surface area contributed by atoms with Gasteiger partial charge in [-0.25, -0.2) is 0 Å². The summed E-state index contributed by atoms with van der Waals surface area (Å²) in [5, 5.41) is 8.64. The highest BCUT2D eigenvalue weighted by molar-refractivity contribution is 9.10. The smallest absolute Gasteiger partial charge is 0.0622 e. The SMILES string of the molecule is CCCn1cc(C(NCC)c2cccc(Br)c2Cl)cn1. The molecule has 0 fully saturated rings. The zero-order valence-electron chi connectivity index (χ0n) is 11.7. The molecule has 0 amide bonds. The van der Waals surface area contributed by atoms with Gasteiger partial charge in [0, 0.05) is 22.8 Å². The average molecular weight is 357 g/mol. The molecule has 5 heteroatoms. The van der Waals surface area contributed by atoms with Gasteiger partial charge >= 0.3 is 0 Å². The summed E-state index contributed by atoms with van der Waals surface area (Å²) in [7, 11) is 0. The van der Waals surface area contributed by atoms with Crippen LogP contribution in [0.5, 0.6) is 0 Å². The minimum atomic E-state index is 0.0654. The van der Waals surface area contributed by atoms with E-state index < -0.39 is 0 Å². The van der Waals surface area contributed by atoms with Crippen LogP contribution in [0.15, 0.2) is 35.1 Å². The van der Waals surface area contributed by atoms with Crippen molar-refractivity contribution in [3.05, 3.63) is 51.2 Å². The lowest BCUT2D eigenvalue weighted by Crippen LogP contribution is -2.22. The average Bonchev–Trinajstić information content (AvgIpc) is 2.88. The summed E-state index contributed by atoms with van der Waals surface area (Å²) < 4.78 is 2.89. The van der Waals surface area contributed by atoms with Gasteiger partial charge in [0.05, 0.1) is 17.3 Å². The van der Waals surface area contributed by atoms with Gasteiger partial charge in [0.15, 0.2) is 0 Å². The number of nitrogens with zero attached hydrogens (tertiary/aromatic N) is 2. The van der Waals surface area contributed by atoms with Crippen LogP contribution in [0.4, 0.5) is 0 Å². The van der Waals surface area contributed by atoms with Crippen LogP contribution in [0, 0.1) is 0 Å². The van der Waals surface area contributed by atoms with Crippen molar-refractivity contribution in [1.82, 2.24) is 15.1 Å². The van der Waals surface area contributed by atoms with Crippen LogP contribution >= 0.6 is 27.5 Å². The molecular formula is C15H19BrClN3. The Morgan fingerprint density at radius 2 is 2.20 bits per heavy atom. The van der Waals surface area contributed by atoms with E-state index in [1.54, 1.807) is 0 Å². The van der Waals surface area contributed by atoms with Gasteiger partial charge < -0.3 is 5.32 Å². The predicted molar refractivity (Wildman–Crippen MR) is 87.2 cm³/mol. The second kappa shape index (κ2) is 7.25. The highest BCUT2D eigenvalue weighted by atomic mass is 79.9. The number of hydrogen-bond donors (Lipinski definition) is 1. The zero-order valence-corrected chi connectivity index (χ0v) is 14.1. The van der Waals surface area contributed by atoms with E-state index in [2.05, 4.69) is 52.5 Å². The molecule has 1 aromatic carbocycles. The Morgan fingerprint density at radius 3 is 2.90 bits per heavy atom. The molecule has 108 valence electrons. The third-order valence-electron chi connectivity index (χ3n) is 3.14. The Hall–Kier alpha value is -0.840. The van der Waals surface area contributed by atoms with E-state index in [1.165, 1.54) is 0 Å². The van der Waals surface area contributed by atoms with Crippen LogP contribution in [0.1, 0.15) is 37.4 Å². The van der Waals surface area contributed by atoms with Crippen LogP contribution in [-0.2, 0) is 6.54 Å². The Bertz CT molecular complexity index is 568. The fourth-order valence-electron chi connectivity index (χ4n) is 2.23. The number of halogens is 2. The van der Waals surface area contributed by atoms with Crippen LogP contribution in [0.3, 0.4) is 0 Å². The third-order valence-corrected chi connectivity index (χ3v) is 4.45. The van der Waals surface area contributed by atoms with Gasteiger partial charge in [-0.05, 0) is 40.5 Å². The van der Waals surface area contributed by atoms with Crippen molar-refractivity contribution in [3.8, 4) is 0 Å². The molecule has 1 unspecified atom stereocenters. The van der Waals surface area contributed by atoms with E-state index in [0.717, 1.165) is 40.1 Å². The van der Waals surface area contributed by atoms with Gasteiger partial charge in [0.2, 0.25) is 0 Å². The first-order valence-corrected chi connectivity index (χ1v) is 8.04. The van der Waals surface area contributed by atoms with E-state index >= 15 is 0 Å². The van der Waals surface area contributed by atoms with Crippen molar-refractivity contribution in [2.45, 2.75) is 32.9 Å². The van der Waals surface area contributed by atoms with Crippen molar-refractivity contribution in [2.24, 2.45) is 0 Å². The standard InChI is InChI=1S/C15H19BrClN3/c1-3-8-20-10-11(9-19-20)15(18-4-2)12-6-5-7-13(16)14(12)17/h5-7,9-10,15,18H,3-4,8H2,1-2H3. The highest BCUT2D eigenvalue weighted by Gasteiger charge is 2.18. The Balaban J connectivity index is 2.36. The molecule has 0 saturated heterocycles. The van der Waals surface area contributed by atoms with E-state index in [4.69, 9.17) is 11.6 Å². The molecule has 0 radical (unpaired) electrons. The first-order valence-electron chi connectivity index (χ1n) is 6.87. The summed E-state index contributed by atoms with van der Waals surface area (Å²) >= 11 is 9.92. The first-order chi connectivity index (χ1) is 9.67. The normalized spacial score (nSPS) is 12.6. The maximum atomic E-state index is 6.43. The number of aryl methyl sites for hydroxylation is 1. The molecule has 2 aromatic rings. The van der Waals surface area contributed by atoms with E-state index in [-0.39, 0.29) is 6.04 Å². The fourth-order valence-corrected chi connectivity index (χ4v) is 2.85. The summed E-state index contributed by atoms with van der Waals surface area (Å²) in [5.74, 6) is 0. The van der Waals surface area contributed by atoms with E-state index in [1.807, 2.05) is 23.0 Å². The Morgan fingerprint density at radius 1 is 1.40 bits per heavy atom. The maximum absolute atomic E-state index is 6.43. The second-order valence-electron chi connectivity index (χ2n) is 4.67. The maximum Gasteiger partial charge on any atom is 0.0622 e. The van der Waals surface area contributed by atoms with Gasteiger partial charge in [0.25, 0.3) is 0 Å². The van der Waals surface area contributed by atoms with Crippen molar-refractivity contribution in [3.63, 3.8) is 0 Å². The number of hydrogen-bond acceptors (Lipinski definition) is 2. The van der Waals surface area contributed by atoms with Gasteiger partial charge in [-0.2, -0.15) is 5.10 Å². The van der Waals surface area contributed by atoms with Crippen LogP contribution in [-0.4, -0.2) is 16.3 Å². The summed E-state index contributed by atoms with van der Waals surface area (Å²) in [6.07, 6.45) is 5.08. The lowest BCUT2D eigenvalue weighted by Gasteiger charge is -2.18. The van der Waals surface area contributed by atoms with Gasteiger partial charge in [0.1, 0.15) is 0 Å². The number of rotatable bonds is 6. The summed E-state index contributed by atoms with van der Waals surface area (Å²) in [6.45, 7) is 6.04. The van der Waals surface area contributed by atoms with Crippen molar-refractivity contribution < 1.29 is 0 Å². The molecule has 0 spiro atoms. The van der Waals surface area contributed by atoms with Crippen molar-refractivity contribution >= 4 is 27.5 Å². The lowest BCUT2D eigenvalue weighted by molar-refractivity contribution is 0.597. The summed E-state index contributed by atoms with van der Waals surface area (Å²) in [5.41, 5.74) is 2.21. The number of aromatic nitrogens is 2. The van der Waals surface area contributed by atoms with Crippen LogP contribution in [0.2, 0.25) is 5.02 Å². The Labute approximate surface area is 133 Å². The summed E-state index contributed by atoms with van der Waals surface area (Å²) in [6, 6.07) is 6.08. The largest absolute Gasteiger partial charge is 0.306 e. The van der Waals surface area contributed by atoms with E-state index in [0.29, 0.717) is 0 Å². The molecular weight excluding hydrogens is 338 g/mol. The summed E-state index contributed by atoms with van der Waals surface area (Å²) in [4.78, 5) is 0. The molecule has 1 heterocycles. The van der Waals surface area contributed by atoms with Gasteiger partial charge in [-0.1, -0.05) is 37.6 Å². The predicted octanol–water partition coefficient (Wildman–Crippen LogP) is 4.41. The lowest BCUT2D eigenvalue weighted by atomic mass is 10.0. The molecule has 20 heavy (non-hydrogen) atoms. The minimum Gasteiger partial charge on any atom is -0.306 e. The quantitative estimate of drug-likeness (QED) is 0.831. The minimum absolute atomic E-state index is 0.0654. The molecule has 0 bridgehead atoms. The monoisotopic (exact) mass is 355 g/mol. The van der Waals surface area contributed by atoms with Crippen molar-refractivity contribution in [1.29, 1.82) is 0 Å². The molecule has 3 nitrogen and oxygen atoms in total. The molecule has 1 aromatic heterocycles. The fraction of sp³-hybridized carbons (Fsp3) is 0.400.